The largest absolute Gasteiger partial charge is 0.456 e. The van der Waals surface area contributed by atoms with E-state index in [-0.39, 0.29) is 40.3 Å². The van der Waals surface area contributed by atoms with Gasteiger partial charge in [0.05, 0.1) is 6.42 Å². The molecule has 5 aliphatic rings. The highest BCUT2D eigenvalue weighted by molar-refractivity contribution is 9.10. The molecule has 0 spiro atoms. The van der Waals surface area contributed by atoms with E-state index in [1.54, 1.807) is 0 Å². The zero-order valence-corrected chi connectivity index (χ0v) is 17.7. The Morgan fingerprint density at radius 3 is 2.27 bits per heavy atom. The Morgan fingerprint density at radius 2 is 1.69 bits per heavy atom. The fourth-order valence-electron chi connectivity index (χ4n) is 7.03. The quantitative estimate of drug-likeness (QED) is 0.493. The SMILES string of the molecule is C[C@@H]1CCC[C@@H](C)N1C(=O)COC(=O)CC12C[C@H]3C[C@@H](CC(Br)(C3)C1)C2. The van der Waals surface area contributed by atoms with Gasteiger partial charge in [0, 0.05) is 16.4 Å². The summed E-state index contributed by atoms with van der Waals surface area (Å²) in [6.45, 7) is 4.11. The van der Waals surface area contributed by atoms with Gasteiger partial charge in [-0.3, -0.25) is 9.59 Å². The minimum atomic E-state index is -0.172. The monoisotopic (exact) mass is 425 g/mol. The lowest BCUT2D eigenvalue weighted by atomic mass is 9.49. The van der Waals surface area contributed by atoms with Crippen molar-refractivity contribution in [1.29, 1.82) is 0 Å². The maximum Gasteiger partial charge on any atom is 0.306 e. The molecule has 0 N–H and O–H groups in total. The first-order valence-corrected chi connectivity index (χ1v) is 11.2. The van der Waals surface area contributed by atoms with Gasteiger partial charge in [-0.1, -0.05) is 15.9 Å². The topological polar surface area (TPSA) is 46.6 Å². The molecule has 0 aromatic heterocycles. The summed E-state index contributed by atoms with van der Waals surface area (Å²) in [5, 5.41) is 0. The van der Waals surface area contributed by atoms with Crippen LogP contribution in [0.5, 0.6) is 0 Å². The summed E-state index contributed by atoms with van der Waals surface area (Å²) in [7, 11) is 0. The van der Waals surface area contributed by atoms with Crippen molar-refractivity contribution in [3.05, 3.63) is 0 Å². The first-order valence-electron chi connectivity index (χ1n) is 10.4. The van der Waals surface area contributed by atoms with Gasteiger partial charge in [0.1, 0.15) is 0 Å². The van der Waals surface area contributed by atoms with E-state index in [1.165, 1.54) is 38.5 Å². The average molecular weight is 426 g/mol. The van der Waals surface area contributed by atoms with Crippen LogP contribution in [-0.2, 0) is 14.3 Å². The number of hydrogen-bond acceptors (Lipinski definition) is 3. The number of nitrogens with zero attached hydrogens (tertiary/aromatic N) is 1. The molecule has 4 saturated carbocycles. The Hall–Kier alpha value is -0.580. The summed E-state index contributed by atoms with van der Waals surface area (Å²) >= 11 is 4.00. The molecule has 26 heavy (non-hydrogen) atoms. The van der Waals surface area contributed by atoms with Crippen molar-refractivity contribution < 1.29 is 14.3 Å². The molecule has 4 nitrogen and oxygen atoms in total. The van der Waals surface area contributed by atoms with Gasteiger partial charge in [0.15, 0.2) is 6.61 Å². The molecule has 1 amide bonds. The number of likely N-dealkylation sites (tertiary alicyclic amines) is 1. The van der Waals surface area contributed by atoms with Gasteiger partial charge in [-0.15, -0.1) is 0 Å². The zero-order chi connectivity index (χ0) is 18.5. The summed E-state index contributed by atoms with van der Waals surface area (Å²) in [5.74, 6) is 1.33. The van der Waals surface area contributed by atoms with Crippen LogP contribution in [0.15, 0.2) is 0 Å². The van der Waals surface area contributed by atoms with Gasteiger partial charge in [0.25, 0.3) is 5.91 Å². The molecule has 0 aromatic carbocycles. The number of ether oxygens (including phenoxy) is 1. The Bertz CT molecular complexity index is 568. The van der Waals surface area contributed by atoms with E-state index in [0.717, 1.165) is 31.1 Å². The number of esters is 1. The molecule has 0 aromatic rings. The lowest BCUT2D eigenvalue weighted by Crippen LogP contribution is -2.53. The molecule has 5 rings (SSSR count). The van der Waals surface area contributed by atoms with E-state index in [4.69, 9.17) is 4.74 Å². The van der Waals surface area contributed by atoms with Gasteiger partial charge < -0.3 is 9.64 Å². The lowest BCUT2D eigenvalue weighted by Gasteiger charge is -2.60. The second-order valence-corrected chi connectivity index (χ2v) is 11.6. The summed E-state index contributed by atoms with van der Waals surface area (Å²) in [4.78, 5) is 27.1. The average Bonchev–Trinajstić information content (AvgIpc) is 2.49. The first kappa shape index (κ1) is 18.8. The Labute approximate surface area is 165 Å². The summed E-state index contributed by atoms with van der Waals surface area (Å²) in [6, 6.07) is 0.503. The van der Waals surface area contributed by atoms with Gasteiger partial charge in [-0.25, -0.2) is 0 Å². The number of halogens is 1. The van der Waals surface area contributed by atoms with E-state index in [9.17, 15) is 9.59 Å². The van der Waals surface area contributed by atoms with Gasteiger partial charge in [-0.2, -0.15) is 0 Å². The normalized spacial score (nSPS) is 44.2. The molecule has 0 radical (unpaired) electrons. The maximum absolute atomic E-state index is 12.6. The highest BCUT2D eigenvalue weighted by atomic mass is 79.9. The molecule has 5 fully saturated rings. The molecule has 1 heterocycles. The van der Waals surface area contributed by atoms with Gasteiger partial charge in [0.2, 0.25) is 0 Å². The van der Waals surface area contributed by atoms with Gasteiger partial charge in [-0.05, 0) is 88.9 Å². The van der Waals surface area contributed by atoms with Crippen molar-refractivity contribution >= 4 is 27.8 Å². The van der Waals surface area contributed by atoms with Crippen LogP contribution in [0, 0.1) is 17.3 Å². The number of rotatable bonds is 4. The lowest BCUT2D eigenvalue weighted by molar-refractivity contribution is -0.159. The van der Waals surface area contributed by atoms with Crippen LogP contribution >= 0.6 is 15.9 Å². The molecule has 4 bridgehead atoms. The molecule has 5 heteroatoms. The van der Waals surface area contributed by atoms with Crippen LogP contribution in [0.4, 0.5) is 0 Å². The molecular formula is C21H32BrNO3. The number of piperidine rings is 1. The molecule has 4 aliphatic carbocycles. The van der Waals surface area contributed by atoms with E-state index in [0.29, 0.717) is 6.42 Å². The number of alkyl halides is 1. The summed E-state index contributed by atoms with van der Waals surface area (Å²) in [5.41, 5.74) is 0.111. The smallest absolute Gasteiger partial charge is 0.306 e. The maximum atomic E-state index is 12.6. The third-order valence-corrected chi connectivity index (χ3v) is 8.40. The second-order valence-electron chi connectivity index (χ2n) is 9.88. The third kappa shape index (κ3) is 3.57. The van der Waals surface area contributed by atoms with Gasteiger partial charge >= 0.3 is 5.97 Å². The summed E-state index contributed by atoms with van der Waals surface area (Å²) in [6.07, 6.45) is 11.1. The van der Waals surface area contributed by atoms with Crippen LogP contribution in [0.1, 0.15) is 78.1 Å². The minimum Gasteiger partial charge on any atom is -0.456 e. The predicted molar refractivity (Wildman–Crippen MR) is 104 cm³/mol. The molecule has 0 unspecified atom stereocenters. The minimum absolute atomic E-state index is 0.0273. The van der Waals surface area contributed by atoms with Crippen molar-refractivity contribution in [2.24, 2.45) is 17.3 Å². The van der Waals surface area contributed by atoms with Crippen LogP contribution in [0.25, 0.3) is 0 Å². The van der Waals surface area contributed by atoms with Crippen LogP contribution in [0.2, 0.25) is 0 Å². The number of hydrogen-bond donors (Lipinski definition) is 0. The molecule has 4 atom stereocenters. The first-order chi connectivity index (χ1) is 12.3. The standard InChI is InChI=1S/C21H32BrNO3/c1-14-4-3-5-15(2)23(14)18(24)12-26-19(25)11-20-7-16-6-17(8-20)10-21(22,9-16)13-20/h14-17H,3-13H2,1-2H3/t14-,15-,16-,17-,20?,21?/m1/s1. The zero-order valence-electron chi connectivity index (χ0n) is 16.1. The van der Waals surface area contributed by atoms with Crippen LogP contribution < -0.4 is 0 Å². The van der Waals surface area contributed by atoms with Crippen molar-refractivity contribution in [2.45, 2.75) is 94.5 Å². The number of carbonyl (C=O) groups excluding carboxylic acids is 2. The molecule has 1 saturated heterocycles. The van der Waals surface area contributed by atoms with Crippen molar-refractivity contribution in [2.75, 3.05) is 6.61 Å². The van der Waals surface area contributed by atoms with E-state index < -0.39 is 0 Å². The van der Waals surface area contributed by atoms with E-state index >= 15 is 0 Å². The molecular weight excluding hydrogens is 394 g/mol. The number of amides is 1. The second kappa shape index (κ2) is 6.79. The Balaban J connectivity index is 1.32. The van der Waals surface area contributed by atoms with Crippen LogP contribution in [-0.4, -0.2) is 39.8 Å². The van der Waals surface area contributed by atoms with E-state index in [2.05, 4.69) is 29.8 Å². The molecule has 146 valence electrons. The molecule has 1 aliphatic heterocycles. The Kier molecular flexibility index (Phi) is 4.90. The predicted octanol–water partition coefficient (Wildman–Crippen LogP) is 4.44. The number of carbonyl (C=O) groups is 2. The highest BCUT2D eigenvalue weighted by Gasteiger charge is 2.57. The third-order valence-electron chi connectivity index (χ3n) is 7.47. The summed E-state index contributed by atoms with van der Waals surface area (Å²) < 4.78 is 5.74. The Morgan fingerprint density at radius 1 is 1.08 bits per heavy atom. The highest BCUT2D eigenvalue weighted by Crippen LogP contribution is 2.65. The van der Waals surface area contributed by atoms with Crippen molar-refractivity contribution in [1.82, 2.24) is 4.90 Å². The fraction of sp³-hybridized carbons (Fsp3) is 0.905. The van der Waals surface area contributed by atoms with Crippen molar-refractivity contribution in [3.8, 4) is 0 Å². The fourth-order valence-corrected chi connectivity index (χ4v) is 8.54. The van der Waals surface area contributed by atoms with E-state index in [1.807, 2.05) is 4.90 Å². The van der Waals surface area contributed by atoms with Crippen molar-refractivity contribution in [3.63, 3.8) is 0 Å². The van der Waals surface area contributed by atoms with Crippen LogP contribution in [0.3, 0.4) is 0 Å².